The Kier molecular flexibility index (Phi) is 3.51. The fourth-order valence-corrected chi connectivity index (χ4v) is 3.20. The molecule has 4 heteroatoms. The molecule has 1 fully saturated rings. The molecule has 0 bridgehead atoms. The Morgan fingerprint density at radius 3 is 2.75 bits per heavy atom. The first-order valence-corrected chi connectivity index (χ1v) is 6.39. The van der Waals surface area contributed by atoms with Gasteiger partial charge in [0.05, 0.1) is 5.37 Å². The standard InChI is InChI=1S/C12H15NO2S/c1-8(9-5-3-2-4-6-9)11-13-10(7-16-11)12(14)15/h2-6,8,10-11,13H,7H2,1H3,(H,14,15)/t8-,10-,11-/m1/s1. The van der Waals surface area contributed by atoms with Gasteiger partial charge >= 0.3 is 5.97 Å². The van der Waals surface area contributed by atoms with Gasteiger partial charge in [-0.05, 0) is 5.56 Å². The Balaban J connectivity index is 2.02. The molecule has 1 saturated heterocycles. The van der Waals surface area contributed by atoms with E-state index in [2.05, 4.69) is 24.4 Å². The number of aliphatic carboxylic acids is 1. The minimum absolute atomic E-state index is 0.198. The van der Waals surface area contributed by atoms with Gasteiger partial charge in [0.2, 0.25) is 0 Å². The summed E-state index contributed by atoms with van der Waals surface area (Å²) in [5.41, 5.74) is 1.25. The maximum atomic E-state index is 10.8. The fourth-order valence-electron chi connectivity index (χ4n) is 1.86. The zero-order chi connectivity index (χ0) is 11.5. The minimum atomic E-state index is -0.754. The van der Waals surface area contributed by atoms with Crippen LogP contribution in [0.15, 0.2) is 30.3 Å². The molecule has 1 aromatic rings. The van der Waals surface area contributed by atoms with E-state index in [-0.39, 0.29) is 5.37 Å². The lowest BCUT2D eigenvalue weighted by Crippen LogP contribution is -2.38. The first-order chi connectivity index (χ1) is 7.68. The van der Waals surface area contributed by atoms with Gasteiger partial charge in [-0.25, -0.2) is 0 Å². The van der Waals surface area contributed by atoms with Gasteiger partial charge in [-0.15, -0.1) is 11.8 Å². The van der Waals surface area contributed by atoms with Crippen LogP contribution < -0.4 is 5.32 Å². The summed E-state index contributed by atoms with van der Waals surface area (Å²) in [5, 5.41) is 12.3. The van der Waals surface area contributed by atoms with E-state index in [9.17, 15) is 4.79 Å². The molecular weight excluding hydrogens is 222 g/mol. The molecule has 2 N–H and O–H groups in total. The van der Waals surface area contributed by atoms with Gasteiger partial charge in [-0.2, -0.15) is 0 Å². The molecular formula is C12H15NO2S. The lowest BCUT2D eigenvalue weighted by molar-refractivity contribution is -0.138. The SMILES string of the molecule is C[C@H](c1ccccc1)[C@@H]1N[C@@H](C(=O)O)CS1. The second kappa shape index (κ2) is 4.89. The molecule has 0 aliphatic carbocycles. The molecule has 16 heavy (non-hydrogen) atoms. The van der Waals surface area contributed by atoms with Crippen LogP contribution >= 0.6 is 11.8 Å². The monoisotopic (exact) mass is 237 g/mol. The third kappa shape index (κ3) is 2.39. The van der Waals surface area contributed by atoms with Gasteiger partial charge in [0, 0.05) is 11.7 Å². The number of carbonyl (C=O) groups is 1. The summed E-state index contributed by atoms with van der Waals surface area (Å²) in [4.78, 5) is 10.8. The first-order valence-electron chi connectivity index (χ1n) is 5.34. The third-order valence-corrected chi connectivity index (χ3v) is 4.31. The van der Waals surface area contributed by atoms with Crippen molar-refractivity contribution in [1.29, 1.82) is 0 Å². The molecule has 3 nitrogen and oxygen atoms in total. The summed E-state index contributed by atoms with van der Waals surface area (Å²) < 4.78 is 0. The van der Waals surface area contributed by atoms with Crippen molar-refractivity contribution in [1.82, 2.24) is 5.32 Å². The van der Waals surface area contributed by atoms with Crippen molar-refractivity contribution >= 4 is 17.7 Å². The van der Waals surface area contributed by atoms with Crippen LogP contribution in [0.4, 0.5) is 0 Å². The largest absolute Gasteiger partial charge is 0.480 e. The summed E-state index contributed by atoms with van der Waals surface area (Å²) in [6.07, 6.45) is 0. The Labute approximate surface area is 99.2 Å². The number of carboxylic acid groups (broad SMARTS) is 1. The molecule has 0 amide bonds. The zero-order valence-corrected chi connectivity index (χ0v) is 9.91. The molecule has 0 spiro atoms. The van der Waals surface area contributed by atoms with E-state index >= 15 is 0 Å². The summed E-state index contributed by atoms with van der Waals surface area (Å²) in [6, 6.07) is 9.79. The van der Waals surface area contributed by atoms with E-state index in [0.29, 0.717) is 11.7 Å². The third-order valence-electron chi connectivity index (χ3n) is 2.89. The van der Waals surface area contributed by atoms with Crippen molar-refractivity contribution in [3.63, 3.8) is 0 Å². The lowest BCUT2D eigenvalue weighted by Gasteiger charge is -2.19. The zero-order valence-electron chi connectivity index (χ0n) is 9.09. The molecule has 86 valence electrons. The van der Waals surface area contributed by atoms with Crippen molar-refractivity contribution in [2.45, 2.75) is 24.3 Å². The maximum Gasteiger partial charge on any atom is 0.321 e. The van der Waals surface area contributed by atoms with Gasteiger partial charge in [0.15, 0.2) is 0 Å². The van der Waals surface area contributed by atoms with E-state index in [1.54, 1.807) is 11.8 Å². The van der Waals surface area contributed by atoms with Gasteiger partial charge in [0.1, 0.15) is 6.04 Å². The van der Waals surface area contributed by atoms with Crippen LogP contribution in [0.5, 0.6) is 0 Å². The molecule has 1 aliphatic heterocycles. The molecule has 0 aromatic heterocycles. The second-order valence-corrected chi connectivity index (χ2v) is 5.19. The average molecular weight is 237 g/mol. The Hall–Kier alpha value is -1.00. The molecule has 1 aliphatic rings. The highest BCUT2D eigenvalue weighted by molar-refractivity contribution is 8.00. The predicted octanol–water partition coefficient (Wildman–Crippen LogP) is 1.91. The van der Waals surface area contributed by atoms with Crippen LogP contribution in [-0.2, 0) is 4.79 Å². The highest BCUT2D eigenvalue weighted by Crippen LogP contribution is 2.31. The second-order valence-electron chi connectivity index (χ2n) is 4.01. The topological polar surface area (TPSA) is 49.3 Å². The minimum Gasteiger partial charge on any atom is -0.480 e. The Morgan fingerprint density at radius 1 is 1.50 bits per heavy atom. The first kappa shape index (κ1) is 11.5. The van der Waals surface area contributed by atoms with Gasteiger partial charge < -0.3 is 5.11 Å². The summed E-state index contributed by atoms with van der Waals surface area (Å²) >= 11 is 1.69. The van der Waals surface area contributed by atoms with Gasteiger partial charge in [0.25, 0.3) is 0 Å². The van der Waals surface area contributed by atoms with Crippen molar-refractivity contribution in [2.75, 3.05) is 5.75 Å². The molecule has 3 atom stereocenters. The lowest BCUT2D eigenvalue weighted by atomic mass is 10.0. The predicted molar refractivity (Wildman–Crippen MR) is 65.7 cm³/mol. The Bertz CT molecular complexity index is 369. The van der Waals surface area contributed by atoms with Gasteiger partial charge in [-0.1, -0.05) is 37.3 Å². The highest BCUT2D eigenvalue weighted by atomic mass is 32.2. The van der Waals surface area contributed by atoms with Crippen LogP contribution in [0.1, 0.15) is 18.4 Å². The normalized spacial score (nSPS) is 26.6. The smallest absolute Gasteiger partial charge is 0.321 e. The van der Waals surface area contributed by atoms with Crippen molar-refractivity contribution < 1.29 is 9.90 Å². The van der Waals surface area contributed by atoms with Gasteiger partial charge in [-0.3, -0.25) is 10.1 Å². The summed E-state index contributed by atoms with van der Waals surface area (Å²) in [5.74, 6) is 0.225. The van der Waals surface area contributed by atoms with E-state index in [0.717, 1.165) is 0 Å². The molecule has 1 heterocycles. The maximum absolute atomic E-state index is 10.8. The number of hydrogen-bond acceptors (Lipinski definition) is 3. The fraction of sp³-hybridized carbons (Fsp3) is 0.417. The average Bonchev–Trinajstić information content (AvgIpc) is 2.78. The van der Waals surface area contributed by atoms with E-state index in [4.69, 9.17) is 5.11 Å². The Morgan fingerprint density at radius 2 is 2.19 bits per heavy atom. The van der Waals surface area contributed by atoms with Crippen LogP contribution in [0.2, 0.25) is 0 Å². The summed E-state index contributed by atoms with van der Waals surface area (Å²) in [7, 11) is 0. The number of hydrogen-bond donors (Lipinski definition) is 2. The van der Waals surface area contributed by atoms with E-state index < -0.39 is 12.0 Å². The summed E-state index contributed by atoms with van der Waals surface area (Å²) in [6.45, 7) is 2.13. The van der Waals surface area contributed by atoms with Crippen LogP contribution in [0.25, 0.3) is 0 Å². The number of rotatable bonds is 3. The number of thioether (sulfide) groups is 1. The highest BCUT2D eigenvalue weighted by Gasteiger charge is 2.32. The van der Waals surface area contributed by atoms with Crippen LogP contribution in [0, 0.1) is 0 Å². The number of carboxylic acids is 1. The molecule has 0 unspecified atom stereocenters. The van der Waals surface area contributed by atoms with E-state index in [1.807, 2.05) is 18.2 Å². The molecule has 0 saturated carbocycles. The molecule has 0 radical (unpaired) electrons. The molecule has 1 aromatic carbocycles. The number of benzene rings is 1. The van der Waals surface area contributed by atoms with Crippen molar-refractivity contribution in [3.8, 4) is 0 Å². The van der Waals surface area contributed by atoms with Crippen LogP contribution in [-0.4, -0.2) is 28.2 Å². The van der Waals surface area contributed by atoms with Crippen molar-refractivity contribution in [2.24, 2.45) is 0 Å². The van der Waals surface area contributed by atoms with E-state index in [1.165, 1.54) is 5.56 Å². The quantitative estimate of drug-likeness (QED) is 0.843. The molecule has 2 rings (SSSR count). The van der Waals surface area contributed by atoms with Crippen LogP contribution in [0.3, 0.4) is 0 Å². The number of nitrogens with one attached hydrogen (secondary N) is 1. The van der Waals surface area contributed by atoms with Crippen molar-refractivity contribution in [3.05, 3.63) is 35.9 Å².